The minimum absolute atomic E-state index is 0.000363. The summed E-state index contributed by atoms with van der Waals surface area (Å²) in [6, 6.07) is 2.16. The lowest BCUT2D eigenvalue weighted by atomic mass is 10.0. The summed E-state index contributed by atoms with van der Waals surface area (Å²) in [5.74, 6) is -3.53. The number of alkyl carbamates (subject to hydrolysis) is 1. The molecule has 250 valence electrons. The quantitative estimate of drug-likeness (QED) is 0.361. The Morgan fingerprint density at radius 1 is 1.13 bits per heavy atom. The Hall–Kier alpha value is -4.20. The summed E-state index contributed by atoms with van der Waals surface area (Å²) >= 11 is 0. The number of carbonyl (C=O) groups excluding carboxylic acids is 4. The number of benzene rings is 1. The molecule has 3 heterocycles. The number of halogens is 1. The fourth-order valence-electron chi connectivity index (χ4n) is 6.33. The highest BCUT2D eigenvalue weighted by atomic mass is 19.1. The van der Waals surface area contributed by atoms with Crippen LogP contribution in [0, 0.1) is 11.7 Å². The summed E-state index contributed by atoms with van der Waals surface area (Å²) in [6.45, 7) is 4.91. The van der Waals surface area contributed by atoms with E-state index in [4.69, 9.17) is 9.47 Å². The first kappa shape index (κ1) is 33.2. The Morgan fingerprint density at radius 2 is 1.89 bits per heavy atom. The molecule has 4 amide bonds. The van der Waals surface area contributed by atoms with E-state index in [1.165, 1.54) is 15.9 Å². The fourth-order valence-corrected chi connectivity index (χ4v) is 6.33. The van der Waals surface area contributed by atoms with Crippen molar-refractivity contribution in [1.29, 1.82) is 0 Å². The first-order valence-corrected chi connectivity index (χ1v) is 15.6. The highest BCUT2D eigenvalue weighted by molar-refractivity contribution is 5.96. The molecule has 1 saturated heterocycles. The highest BCUT2D eigenvalue weighted by Crippen LogP contribution is 2.45. The van der Waals surface area contributed by atoms with E-state index in [2.05, 4.69) is 10.6 Å². The van der Waals surface area contributed by atoms with Crippen LogP contribution in [0.5, 0.6) is 0 Å². The lowest BCUT2D eigenvalue weighted by Crippen LogP contribution is -2.56. The number of ether oxygens (including phenoxy) is 2. The Labute approximate surface area is 266 Å². The van der Waals surface area contributed by atoms with Gasteiger partial charge in [-0.3, -0.25) is 14.5 Å². The molecule has 1 aliphatic carbocycles. The molecular weight excluding hydrogens is 603 g/mol. The number of allylic oxidation sites excluding steroid dienone is 1. The Morgan fingerprint density at radius 3 is 2.59 bits per heavy atom. The van der Waals surface area contributed by atoms with Crippen LogP contribution in [-0.2, 0) is 36.9 Å². The van der Waals surface area contributed by atoms with Crippen LogP contribution in [0.2, 0.25) is 0 Å². The van der Waals surface area contributed by atoms with Crippen LogP contribution >= 0.6 is 0 Å². The van der Waals surface area contributed by atoms with Gasteiger partial charge >= 0.3 is 18.2 Å². The van der Waals surface area contributed by atoms with Gasteiger partial charge in [-0.25, -0.2) is 18.8 Å². The van der Waals surface area contributed by atoms with Crippen LogP contribution in [-0.4, -0.2) is 92.0 Å². The predicted molar refractivity (Wildman–Crippen MR) is 159 cm³/mol. The van der Waals surface area contributed by atoms with Gasteiger partial charge in [-0.2, -0.15) is 0 Å². The number of hydrogen-bond acceptors (Lipinski definition) is 8. The average Bonchev–Trinajstić information content (AvgIpc) is 3.27. The molecule has 0 bridgehead atoms. The maximum absolute atomic E-state index is 14.3. The van der Waals surface area contributed by atoms with Gasteiger partial charge in [-0.15, -0.1) is 0 Å². The molecule has 3 aliphatic heterocycles. The molecule has 1 aromatic rings. The zero-order chi connectivity index (χ0) is 33.4. The normalized spacial score (nSPS) is 30.5. The molecule has 6 atom stereocenters. The third-order valence-electron chi connectivity index (χ3n) is 8.86. The maximum Gasteiger partial charge on any atom is 0.410 e. The molecule has 0 spiro atoms. The van der Waals surface area contributed by atoms with E-state index >= 15 is 0 Å². The van der Waals surface area contributed by atoms with Gasteiger partial charge in [0.2, 0.25) is 11.8 Å². The number of rotatable bonds is 3. The van der Waals surface area contributed by atoms with Gasteiger partial charge < -0.3 is 35.2 Å². The molecule has 0 radical (unpaired) electrons. The van der Waals surface area contributed by atoms with Crippen molar-refractivity contribution in [2.24, 2.45) is 5.92 Å². The highest BCUT2D eigenvalue weighted by Gasteiger charge is 2.61. The van der Waals surface area contributed by atoms with Gasteiger partial charge in [0.1, 0.15) is 35.1 Å². The maximum atomic E-state index is 14.3. The van der Waals surface area contributed by atoms with Crippen LogP contribution in [0.15, 0.2) is 30.4 Å². The third kappa shape index (κ3) is 7.27. The van der Waals surface area contributed by atoms with Crippen LogP contribution in [0.1, 0.15) is 70.4 Å². The van der Waals surface area contributed by atoms with Gasteiger partial charge in [0.15, 0.2) is 0 Å². The monoisotopic (exact) mass is 644 g/mol. The average molecular weight is 645 g/mol. The van der Waals surface area contributed by atoms with Gasteiger partial charge in [-0.05, 0) is 64.5 Å². The number of amides is 4. The van der Waals surface area contributed by atoms with Crippen molar-refractivity contribution in [2.45, 2.75) is 108 Å². The summed E-state index contributed by atoms with van der Waals surface area (Å²) in [5.41, 5.74) is -1.39. The molecule has 4 aliphatic rings. The first-order chi connectivity index (χ1) is 21.7. The topological polar surface area (TPSA) is 175 Å². The number of fused-ring (bicyclic) bond motifs is 3. The van der Waals surface area contributed by atoms with Crippen molar-refractivity contribution in [3.63, 3.8) is 0 Å². The predicted octanol–water partition coefficient (Wildman–Crippen LogP) is 2.59. The lowest BCUT2D eigenvalue weighted by Gasteiger charge is -2.30. The number of aliphatic hydroxyl groups excluding tert-OH is 1. The number of hydrogen-bond donors (Lipinski definition) is 4. The largest absolute Gasteiger partial charge is 0.479 e. The molecule has 2 fully saturated rings. The minimum Gasteiger partial charge on any atom is -0.479 e. The van der Waals surface area contributed by atoms with E-state index in [-0.39, 0.29) is 45.3 Å². The molecule has 0 aromatic heterocycles. The molecule has 1 aromatic carbocycles. The van der Waals surface area contributed by atoms with Crippen molar-refractivity contribution < 1.29 is 48.0 Å². The van der Waals surface area contributed by atoms with Crippen LogP contribution in [0.25, 0.3) is 0 Å². The Bertz CT molecular complexity index is 1430. The standard InChI is InChI=1S/C32H41FN4O9/c1-31(2,3)46-29(43)34-24-12-11-20(38)9-5-4-8-19-14-32(19,28(41)42)35-26(39)25-13-21(16-37(25)27(24)40)45-30(44)36-15-18-7-6-10-23(33)22(18)17-36/h4,6-8,10,19-21,24-25,38H,5,9,11-17H2,1-3H3,(H,34,43)(H,35,39)(H,41,42)/b8-4-/t19-,20?,21+,24-,25-,32+/m0/s1. The summed E-state index contributed by atoms with van der Waals surface area (Å²) in [6.07, 6.45) is 1.10. The van der Waals surface area contributed by atoms with E-state index in [1.807, 2.05) is 0 Å². The number of nitrogens with zero attached hydrogens (tertiary/aromatic N) is 2. The zero-order valence-electron chi connectivity index (χ0n) is 26.2. The van der Waals surface area contributed by atoms with Crippen molar-refractivity contribution in [1.82, 2.24) is 20.4 Å². The van der Waals surface area contributed by atoms with Crippen molar-refractivity contribution in [3.8, 4) is 0 Å². The number of nitrogens with one attached hydrogen (secondary N) is 2. The van der Waals surface area contributed by atoms with Gasteiger partial charge in [0.05, 0.1) is 19.2 Å². The molecule has 4 N–H and O–H groups in total. The first-order valence-electron chi connectivity index (χ1n) is 15.6. The minimum atomic E-state index is -1.56. The van der Waals surface area contributed by atoms with Crippen LogP contribution < -0.4 is 10.6 Å². The third-order valence-corrected chi connectivity index (χ3v) is 8.86. The van der Waals surface area contributed by atoms with E-state index in [9.17, 15) is 38.6 Å². The van der Waals surface area contributed by atoms with E-state index < -0.39 is 77.1 Å². The van der Waals surface area contributed by atoms with Gasteiger partial charge in [0, 0.05) is 24.4 Å². The number of aliphatic hydroxyl groups is 1. The molecular formula is C32H41FN4O9. The van der Waals surface area contributed by atoms with Crippen molar-refractivity contribution in [2.75, 3.05) is 6.54 Å². The number of carboxylic acid groups (broad SMARTS) is 1. The Balaban J connectivity index is 1.39. The molecule has 14 heteroatoms. The molecule has 46 heavy (non-hydrogen) atoms. The Kier molecular flexibility index (Phi) is 9.30. The van der Waals surface area contributed by atoms with Crippen molar-refractivity contribution >= 4 is 30.0 Å². The van der Waals surface area contributed by atoms with Gasteiger partial charge in [0.25, 0.3) is 0 Å². The lowest BCUT2D eigenvalue weighted by molar-refractivity contribution is -0.145. The number of aliphatic carboxylic acids is 1. The van der Waals surface area contributed by atoms with Gasteiger partial charge in [-0.1, -0.05) is 24.3 Å². The molecule has 1 unspecified atom stereocenters. The second-order valence-corrected chi connectivity index (χ2v) is 13.5. The summed E-state index contributed by atoms with van der Waals surface area (Å²) in [7, 11) is 0. The number of carboxylic acids is 1. The molecule has 5 rings (SSSR count). The smallest absolute Gasteiger partial charge is 0.410 e. The second-order valence-electron chi connectivity index (χ2n) is 13.5. The van der Waals surface area contributed by atoms with Crippen molar-refractivity contribution in [3.05, 3.63) is 47.3 Å². The molecule has 1 saturated carbocycles. The van der Waals surface area contributed by atoms with E-state index in [0.717, 1.165) is 0 Å². The SMILES string of the molecule is CC(C)(C)OC(=O)N[C@H]1CCC(O)CC/C=C\[C@H]2C[C@@]2(C(=O)O)NC(=O)[C@@H]2C[C@@H](OC(=O)N3Cc4cccc(F)c4C3)CN2C1=O. The summed E-state index contributed by atoms with van der Waals surface area (Å²) in [4.78, 5) is 68.5. The summed E-state index contributed by atoms with van der Waals surface area (Å²) in [5, 5.41) is 25.9. The molecule has 13 nitrogen and oxygen atoms in total. The fraction of sp³-hybridized carbons (Fsp3) is 0.594. The zero-order valence-corrected chi connectivity index (χ0v) is 26.2. The van der Waals surface area contributed by atoms with Crippen LogP contribution in [0.4, 0.5) is 14.0 Å². The number of carbonyl (C=O) groups is 5. The summed E-state index contributed by atoms with van der Waals surface area (Å²) < 4.78 is 25.4. The van der Waals surface area contributed by atoms with E-state index in [1.54, 1.807) is 45.1 Å². The van der Waals surface area contributed by atoms with E-state index in [0.29, 0.717) is 24.0 Å². The van der Waals surface area contributed by atoms with Crippen LogP contribution in [0.3, 0.4) is 0 Å². The second kappa shape index (κ2) is 12.9.